The maximum atomic E-state index is 13.4. The van der Waals surface area contributed by atoms with Crippen LogP contribution in [0.4, 0.5) is 4.39 Å². The van der Waals surface area contributed by atoms with Crippen molar-refractivity contribution < 1.29 is 9.13 Å². The number of alkyl halides is 1. The summed E-state index contributed by atoms with van der Waals surface area (Å²) in [6, 6.07) is 12.8. The molecular formula is C15H12ClFO. The lowest BCUT2D eigenvalue weighted by molar-refractivity contribution is 0.298. The van der Waals surface area contributed by atoms with E-state index in [4.69, 9.17) is 16.3 Å². The van der Waals surface area contributed by atoms with Gasteiger partial charge in [-0.1, -0.05) is 30.3 Å². The van der Waals surface area contributed by atoms with Gasteiger partial charge in [-0.25, -0.2) is 4.39 Å². The van der Waals surface area contributed by atoms with E-state index in [-0.39, 0.29) is 11.2 Å². The third kappa shape index (κ3) is 2.08. The fraction of sp³-hybridized carbons (Fsp3) is 0.200. The summed E-state index contributed by atoms with van der Waals surface area (Å²) in [4.78, 5) is 0. The van der Waals surface area contributed by atoms with Gasteiger partial charge < -0.3 is 4.74 Å². The first-order valence-electron chi connectivity index (χ1n) is 5.87. The molecule has 92 valence electrons. The van der Waals surface area contributed by atoms with E-state index in [0.717, 1.165) is 23.1 Å². The predicted molar refractivity (Wildman–Crippen MR) is 69.5 cm³/mol. The second kappa shape index (κ2) is 4.62. The van der Waals surface area contributed by atoms with Crippen LogP contribution in [0.15, 0.2) is 42.5 Å². The first-order valence-corrected chi connectivity index (χ1v) is 6.31. The Labute approximate surface area is 110 Å². The highest BCUT2D eigenvalue weighted by Gasteiger charge is 2.29. The molecule has 1 unspecified atom stereocenters. The zero-order valence-electron chi connectivity index (χ0n) is 9.70. The molecule has 1 atom stereocenters. The Morgan fingerprint density at radius 3 is 2.72 bits per heavy atom. The first kappa shape index (κ1) is 11.5. The molecule has 0 bridgehead atoms. The van der Waals surface area contributed by atoms with Gasteiger partial charge in [0.2, 0.25) is 0 Å². The van der Waals surface area contributed by atoms with Crippen molar-refractivity contribution in [2.24, 2.45) is 0 Å². The molecule has 0 saturated carbocycles. The first-order chi connectivity index (χ1) is 8.74. The molecule has 3 rings (SSSR count). The molecule has 0 aromatic heterocycles. The second-order valence-electron chi connectivity index (χ2n) is 4.42. The predicted octanol–water partition coefficient (Wildman–Crippen LogP) is 4.24. The summed E-state index contributed by atoms with van der Waals surface area (Å²) in [5.41, 5.74) is 2.95. The van der Waals surface area contributed by atoms with Crippen LogP contribution in [0, 0.1) is 5.82 Å². The summed E-state index contributed by atoms with van der Waals surface area (Å²) >= 11 is 6.12. The van der Waals surface area contributed by atoms with E-state index in [0.29, 0.717) is 12.4 Å². The van der Waals surface area contributed by atoms with Gasteiger partial charge in [0, 0.05) is 11.6 Å². The molecule has 2 aromatic rings. The number of halogens is 2. The standard InChI is InChI=1S/C15H12ClFO/c16-13-7-11-6-12(17)8-14(15(11)13)18-9-10-4-2-1-3-5-10/h1-6,8,13H,7,9H2. The third-order valence-corrected chi connectivity index (χ3v) is 3.51. The minimum atomic E-state index is -0.264. The van der Waals surface area contributed by atoms with Crippen LogP contribution in [0.1, 0.15) is 22.1 Å². The fourth-order valence-corrected chi connectivity index (χ4v) is 2.60. The number of hydrogen-bond acceptors (Lipinski definition) is 1. The second-order valence-corrected chi connectivity index (χ2v) is 4.95. The van der Waals surface area contributed by atoms with Gasteiger partial charge in [0.25, 0.3) is 0 Å². The third-order valence-electron chi connectivity index (χ3n) is 3.14. The van der Waals surface area contributed by atoms with E-state index in [2.05, 4.69) is 0 Å². The van der Waals surface area contributed by atoms with Crippen molar-refractivity contribution in [3.63, 3.8) is 0 Å². The maximum Gasteiger partial charge on any atom is 0.127 e. The molecule has 0 heterocycles. The number of benzene rings is 2. The molecule has 1 aliphatic carbocycles. The van der Waals surface area contributed by atoms with Crippen molar-refractivity contribution in [1.29, 1.82) is 0 Å². The van der Waals surface area contributed by atoms with Crippen LogP contribution < -0.4 is 4.74 Å². The van der Waals surface area contributed by atoms with E-state index in [9.17, 15) is 4.39 Å². The molecule has 0 amide bonds. The molecule has 0 saturated heterocycles. The zero-order chi connectivity index (χ0) is 12.5. The Bertz CT molecular complexity index is 568. The summed E-state index contributed by atoms with van der Waals surface area (Å²) in [5, 5.41) is -0.0497. The van der Waals surface area contributed by atoms with Crippen molar-refractivity contribution in [3.8, 4) is 5.75 Å². The van der Waals surface area contributed by atoms with E-state index < -0.39 is 0 Å². The quantitative estimate of drug-likeness (QED) is 0.752. The smallest absolute Gasteiger partial charge is 0.127 e. The largest absolute Gasteiger partial charge is 0.488 e. The zero-order valence-corrected chi connectivity index (χ0v) is 10.5. The molecule has 2 aromatic carbocycles. The summed E-state index contributed by atoms with van der Waals surface area (Å²) < 4.78 is 19.1. The molecule has 0 radical (unpaired) electrons. The van der Waals surface area contributed by atoms with E-state index in [1.807, 2.05) is 30.3 Å². The minimum Gasteiger partial charge on any atom is -0.488 e. The van der Waals surface area contributed by atoms with Crippen LogP contribution in [0.3, 0.4) is 0 Å². The van der Waals surface area contributed by atoms with Crippen LogP contribution in [0.2, 0.25) is 0 Å². The molecule has 18 heavy (non-hydrogen) atoms. The van der Waals surface area contributed by atoms with E-state index in [1.54, 1.807) is 0 Å². The Morgan fingerprint density at radius 2 is 2.00 bits per heavy atom. The summed E-state index contributed by atoms with van der Waals surface area (Å²) in [6.45, 7) is 0.431. The molecule has 3 heteroatoms. The summed E-state index contributed by atoms with van der Waals surface area (Å²) in [6.07, 6.45) is 0.719. The Hall–Kier alpha value is -1.54. The fourth-order valence-electron chi connectivity index (χ4n) is 2.19. The SMILES string of the molecule is Fc1cc2c(c(OCc3ccccc3)c1)C(Cl)C2. The van der Waals surface area contributed by atoms with Crippen molar-refractivity contribution in [2.75, 3.05) is 0 Å². The molecule has 1 nitrogen and oxygen atoms in total. The van der Waals surface area contributed by atoms with Gasteiger partial charge in [-0.2, -0.15) is 0 Å². The molecule has 0 fully saturated rings. The Morgan fingerprint density at radius 1 is 1.22 bits per heavy atom. The molecule has 0 aliphatic heterocycles. The van der Waals surface area contributed by atoms with Crippen LogP contribution in [0.5, 0.6) is 5.75 Å². The number of fused-ring (bicyclic) bond motifs is 1. The Kier molecular flexibility index (Phi) is 2.96. The average molecular weight is 263 g/mol. The molecule has 0 N–H and O–H groups in total. The summed E-state index contributed by atoms with van der Waals surface area (Å²) in [7, 11) is 0. The number of ether oxygens (including phenoxy) is 1. The van der Waals surface area contributed by atoms with Gasteiger partial charge in [-0.05, 0) is 23.6 Å². The molecule has 0 spiro atoms. The highest BCUT2D eigenvalue weighted by atomic mass is 35.5. The van der Waals surface area contributed by atoms with Crippen molar-refractivity contribution in [1.82, 2.24) is 0 Å². The monoisotopic (exact) mass is 262 g/mol. The number of hydrogen-bond donors (Lipinski definition) is 0. The highest BCUT2D eigenvalue weighted by molar-refractivity contribution is 6.22. The van der Waals surface area contributed by atoms with Gasteiger partial charge >= 0.3 is 0 Å². The van der Waals surface area contributed by atoms with E-state index >= 15 is 0 Å². The minimum absolute atomic E-state index is 0.0497. The van der Waals surface area contributed by atoms with E-state index in [1.165, 1.54) is 12.1 Å². The van der Waals surface area contributed by atoms with Crippen LogP contribution in [0.25, 0.3) is 0 Å². The van der Waals surface area contributed by atoms with Crippen molar-refractivity contribution >= 4 is 11.6 Å². The van der Waals surface area contributed by atoms with Crippen LogP contribution in [-0.2, 0) is 13.0 Å². The summed E-state index contributed by atoms with van der Waals surface area (Å²) in [5.74, 6) is 0.306. The number of rotatable bonds is 3. The lowest BCUT2D eigenvalue weighted by atomic mass is 9.87. The lowest BCUT2D eigenvalue weighted by Crippen LogP contribution is -2.15. The van der Waals surface area contributed by atoms with Gasteiger partial charge in [0.05, 0.1) is 5.38 Å². The van der Waals surface area contributed by atoms with Gasteiger partial charge in [-0.3, -0.25) is 0 Å². The highest BCUT2D eigenvalue weighted by Crippen LogP contribution is 2.44. The Balaban J connectivity index is 1.81. The van der Waals surface area contributed by atoms with Crippen LogP contribution >= 0.6 is 11.6 Å². The van der Waals surface area contributed by atoms with Gasteiger partial charge in [0.15, 0.2) is 0 Å². The average Bonchev–Trinajstić information content (AvgIpc) is 2.36. The van der Waals surface area contributed by atoms with Gasteiger partial charge in [-0.15, -0.1) is 11.6 Å². The molecular weight excluding hydrogens is 251 g/mol. The maximum absolute atomic E-state index is 13.4. The topological polar surface area (TPSA) is 9.23 Å². The van der Waals surface area contributed by atoms with Crippen molar-refractivity contribution in [2.45, 2.75) is 18.4 Å². The molecule has 1 aliphatic rings. The van der Waals surface area contributed by atoms with Crippen LogP contribution in [-0.4, -0.2) is 0 Å². The van der Waals surface area contributed by atoms with Crippen molar-refractivity contribution in [3.05, 3.63) is 65.0 Å². The van der Waals surface area contributed by atoms with Gasteiger partial charge in [0.1, 0.15) is 18.2 Å². The lowest BCUT2D eigenvalue weighted by Gasteiger charge is -2.27. The normalized spacial score (nSPS) is 16.9.